The lowest BCUT2D eigenvalue weighted by Crippen LogP contribution is -2.51. The molecule has 7 heteroatoms. The van der Waals surface area contributed by atoms with Crippen LogP contribution < -0.4 is 0 Å². The van der Waals surface area contributed by atoms with Crippen LogP contribution in [0.1, 0.15) is 5.69 Å². The number of ether oxygens (including phenoxy) is 1. The van der Waals surface area contributed by atoms with Gasteiger partial charge in [-0.1, -0.05) is 6.07 Å². The Morgan fingerprint density at radius 1 is 1.52 bits per heavy atom. The Morgan fingerprint density at radius 2 is 2.43 bits per heavy atom. The van der Waals surface area contributed by atoms with Crippen LogP contribution in [-0.4, -0.2) is 53.3 Å². The second-order valence-corrected chi connectivity index (χ2v) is 6.60. The van der Waals surface area contributed by atoms with E-state index in [1.165, 1.54) is 0 Å². The summed E-state index contributed by atoms with van der Waals surface area (Å²) < 4.78 is 5.29. The van der Waals surface area contributed by atoms with Crippen LogP contribution >= 0.6 is 22.7 Å². The van der Waals surface area contributed by atoms with Gasteiger partial charge in [-0.05, 0) is 11.4 Å². The Bertz CT molecular complexity index is 597. The number of thiophene rings is 1. The second kappa shape index (κ2) is 6.65. The number of carbonyl (C=O) groups excluding carboxylic acids is 1. The SMILES string of the molecule is O=C(Cc1csc(-c2cccs2)n1)N1CCOCC1CO. The smallest absolute Gasteiger partial charge is 0.229 e. The molecule has 1 aliphatic rings. The number of morpholine rings is 1. The molecule has 2 aromatic rings. The van der Waals surface area contributed by atoms with E-state index in [2.05, 4.69) is 4.98 Å². The van der Waals surface area contributed by atoms with Gasteiger partial charge >= 0.3 is 0 Å². The summed E-state index contributed by atoms with van der Waals surface area (Å²) in [5.41, 5.74) is 0.789. The molecule has 1 atom stereocenters. The van der Waals surface area contributed by atoms with E-state index in [4.69, 9.17) is 4.74 Å². The van der Waals surface area contributed by atoms with E-state index in [0.717, 1.165) is 15.6 Å². The molecule has 1 N–H and O–H groups in total. The zero-order chi connectivity index (χ0) is 14.7. The summed E-state index contributed by atoms with van der Waals surface area (Å²) in [6.07, 6.45) is 0.276. The fourth-order valence-electron chi connectivity index (χ4n) is 2.29. The number of carbonyl (C=O) groups is 1. The van der Waals surface area contributed by atoms with E-state index in [-0.39, 0.29) is 25.0 Å². The van der Waals surface area contributed by atoms with Crippen LogP contribution in [-0.2, 0) is 16.0 Å². The molecule has 1 amide bonds. The lowest BCUT2D eigenvalue weighted by Gasteiger charge is -2.34. The molecule has 0 radical (unpaired) electrons. The van der Waals surface area contributed by atoms with Gasteiger partial charge in [0.2, 0.25) is 5.91 Å². The largest absolute Gasteiger partial charge is 0.394 e. The van der Waals surface area contributed by atoms with Gasteiger partial charge in [0.15, 0.2) is 0 Å². The molecule has 1 fully saturated rings. The molecular weight excluding hydrogens is 308 g/mol. The van der Waals surface area contributed by atoms with Gasteiger partial charge in [-0.15, -0.1) is 22.7 Å². The highest BCUT2D eigenvalue weighted by molar-refractivity contribution is 7.20. The first-order chi connectivity index (χ1) is 10.3. The van der Waals surface area contributed by atoms with Crippen molar-refractivity contribution in [3.63, 3.8) is 0 Å². The number of nitrogens with zero attached hydrogens (tertiary/aromatic N) is 2. The number of aliphatic hydroxyl groups excluding tert-OH is 1. The van der Waals surface area contributed by atoms with Crippen LogP contribution in [0, 0.1) is 0 Å². The molecule has 3 heterocycles. The average Bonchev–Trinajstić information content (AvgIpc) is 3.17. The van der Waals surface area contributed by atoms with Crippen molar-refractivity contribution in [1.82, 2.24) is 9.88 Å². The van der Waals surface area contributed by atoms with Gasteiger partial charge in [-0.3, -0.25) is 4.79 Å². The zero-order valence-corrected chi connectivity index (χ0v) is 13.0. The van der Waals surface area contributed by atoms with Crippen LogP contribution in [0.5, 0.6) is 0 Å². The number of hydrogen-bond acceptors (Lipinski definition) is 6. The molecule has 112 valence electrons. The molecule has 1 aliphatic heterocycles. The van der Waals surface area contributed by atoms with Gasteiger partial charge in [-0.25, -0.2) is 4.98 Å². The predicted molar refractivity (Wildman–Crippen MR) is 82.5 cm³/mol. The van der Waals surface area contributed by atoms with Crippen LogP contribution in [0.15, 0.2) is 22.9 Å². The Hall–Kier alpha value is -1.28. The van der Waals surface area contributed by atoms with Crippen molar-refractivity contribution in [2.45, 2.75) is 12.5 Å². The van der Waals surface area contributed by atoms with Crippen molar-refractivity contribution in [3.05, 3.63) is 28.6 Å². The molecule has 1 unspecified atom stereocenters. The Kier molecular flexibility index (Phi) is 4.64. The third-order valence-electron chi connectivity index (χ3n) is 3.37. The van der Waals surface area contributed by atoms with Gasteiger partial charge in [0, 0.05) is 11.9 Å². The third-order valence-corrected chi connectivity index (χ3v) is 5.30. The van der Waals surface area contributed by atoms with E-state index in [0.29, 0.717) is 19.8 Å². The van der Waals surface area contributed by atoms with Crippen molar-refractivity contribution < 1.29 is 14.6 Å². The van der Waals surface area contributed by atoms with Crippen LogP contribution in [0.3, 0.4) is 0 Å². The van der Waals surface area contributed by atoms with Crippen molar-refractivity contribution in [2.24, 2.45) is 0 Å². The molecule has 2 aromatic heterocycles. The lowest BCUT2D eigenvalue weighted by molar-refractivity contribution is -0.140. The quantitative estimate of drug-likeness (QED) is 0.928. The number of hydrogen-bond donors (Lipinski definition) is 1. The van der Waals surface area contributed by atoms with Gasteiger partial charge in [0.1, 0.15) is 5.01 Å². The normalized spacial score (nSPS) is 18.9. The minimum absolute atomic E-state index is 0.000351. The maximum Gasteiger partial charge on any atom is 0.229 e. The highest BCUT2D eigenvalue weighted by Crippen LogP contribution is 2.28. The van der Waals surface area contributed by atoms with Crippen molar-refractivity contribution >= 4 is 28.6 Å². The highest BCUT2D eigenvalue weighted by Gasteiger charge is 2.27. The summed E-state index contributed by atoms with van der Waals surface area (Å²) in [6, 6.07) is 3.78. The number of amides is 1. The summed E-state index contributed by atoms with van der Waals surface area (Å²) in [5, 5.41) is 14.2. The maximum absolute atomic E-state index is 12.4. The van der Waals surface area contributed by atoms with Gasteiger partial charge < -0.3 is 14.7 Å². The standard InChI is InChI=1S/C14H16N2O3S2/c17-7-11-8-19-4-3-16(11)13(18)6-10-9-21-14(15-10)12-2-1-5-20-12/h1-2,5,9,11,17H,3-4,6-8H2. The first kappa shape index (κ1) is 14.6. The molecule has 5 nitrogen and oxygen atoms in total. The molecule has 0 aliphatic carbocycles. The fourth-order valence-corrected chi connectivity index (χ4v) is 3.93. The average molecular weight is 324 g/mol. The van der Waals surface area contributed by atoms with Crippen LogP contribution in [0.25, 0.3) is 9.88 Å². The predicted octanol–water partition coefficient (Wildman–Crippen LogP) is 1.63. The van der Waals surface area contributed by atoms with Gasteiger partial charge in [0.25, 0.3) is 0 Å². The molecule has 0 bridgehead atoms. The molecule has 0 spiro atoms. The minimum Gasteiger partial charge on any atom is -0.394 e. The molecule has 1 saturated heterocycles. The minimum atomic E-state index is -0.235. The topological polar surface area (TPSA) is 62.7 Å². The van der Waals surface area contributed by atoms with E-state index < -0.39 is 0 Å². The Balaban J connectivity index is 1.67. The summed E-state index contributed by atoms with van der Waals surface area (Å²) in [5.74, 6) is 0.000351. The maximum atomic E-state index is 12.4. The van der Waals surface area contributed by atoms with E-state index in [1.807, 2.05) is 22.9 Å². The summed E-state index contributed by atoms with van der Waals surface area (Å²) in [6.45, 7) is 1.40. The first-order valence-electron chi connectivity index (χ1n) is 6.74. The van der Waals surface area contributed by atoms with Crippen LogP contribution in [0.2, 0.25) is 0 Å². The molecule has 0 aromatic carbocycles. The molecule has 21 heavy (non-hydrogen) atoms. The lowest BCUT2D eigenvalue weighted by atomic mass is 10.2. The summed E-state index contributed by atoms with van der Waals surface area (Å²) in [4.78, 5) is 19.7. The third kappa shape index (κ3) is 3.32. The van der Waals surface area contributed by atoms with E-state index in [9.17, 15) is 9.90 Å². The van der Waals surface area contributed by atoms with Crippen LogP contribution in [0.4, 0.5) is 0 Å². The molecular formula is C14H16N2O3S2. The van der Waals surface area contributed by atoms with Gasteiger partial charge in [-0.2, -0.15) is 0 Å². The van der Waals surface area contributed by atoms with Crippen molar-refractivity contribution in [1.29, 1.82) is 0 Å². The van der Waals surface area contributed by atoms with Gasteiger partial charge in [0.05, 0.1) is 42.9 Å². The monoisotopic (exact) mass is 324 g/mol. The van der Waals surface area contributed by atoms with E-state index >= 15 is 0 Å². The highest BCUT2D eigenvalue weighted by atomic mass is 32.1. The Morgan fingerprint density at radius 3 is 3.19 bits per heavy atom. The number of aliphatic hydroxyl groups is 1. The van der Waals surface area contributed by atoms with Crippen molar-refractivity contribution in [3.8, 4) is 9.88 Å². The first-order valence-corrected chi connectivity index (χ1v) is 8.50. The molecule has 0 saturated carbocycles. The number of aromatic nitrogens is 1. The number of rotatable bonds is 4. The van der Waals surface area contributed by atoms with E-state index in [1.54, 1.807) is 27.6 Å². The summed E-state index contributed by atoms with van der Waals surface area (Å²) >= 11 is 3.20. The number of thiazole rings is 1. The fraction of sp³-hybridized carbons (Fsp3) is 0.429. The zero-order valence-electron chi connectivity index (χ0n) is 11.4. The second-order valence-electron chi connectivity index (χ2n) is 4.80. The molecule has 3 rings (SSSR count). The van der Waals surface area contributed by atoms with Crippen molar-refractivity contribution in [2.75, 3.05) is 26.4 Å². The Labute approximate surface area is 130 Å². The summed E-state index contributed by atoms with van der Waals surface area (Å²) in [7, 11) is 0.